The van der Waals surface area contributed by atoms with Gasteiger partial charge >= 0.3 is 0 Å². The third kappa shape index (κ3) is 3.81. The van der Waals surface area contributed by atoms with Crippen LogP contribution < -0.4 is 10.5 Å². The van der Waals surface area contributed by atoms with E-state index in [4.69, 9.17) is 29.6 Å². The Bertz CT molecular complexity index is 758. The van der Waals surface area contributed by atoms with Crippen molar-refractivity contribution in [2.24, 2.45) is 5.73 Å². The lowest BCUT2D eigenvalue weighted by molar-refractivity contribution is 0.567. The summed E-state index contributed by atoms with van der Waals surface area (Å²) in [6, 6.07) is 5.92. The molecule has 2 aromatic rings. The molecule has 1 heterocycles. The monoisotopic (exact) mass is 360 g/mol. The molecule has 112 valence electrons. The highest BCUT2D eigenvalue weighted by Crippen LogP contribution is 2.25. The van der Waals surface area contributed by atoms with Crippen molar-refractivity contribution in [1.82, 2.24) is 4.72 Å². The Hall–Kier alpha value is -0.990. The maximum atomic E-state index is 12.4. The van der Waals surface area contributed by atoms with E-state index in [1.54, 1.807) is 6.92 Å². The van der Waals surface area contributed by atoms with Crippen molar-refractivity contribution < 1.29 is 8.42 Å². The standard InChI is InChI=1S/C13H13ClN2O2S3/c1-8(10-4-5-20-7-10)16-21(17,18)12-3-2-9(13(15)19)6-11(12)14/h2-8,16H,1H3,(H2,15,19). The van der Waals surface area contributed by atoms with Gasteiger partial charge in [0.2, 0.25) is 10.0 Å². The van der Waals surface area contributed by atoms with Crippen molar-refractivity contribution in [3.05, 3.63) is 51.2 Å². The molecule has 1 aromatic carbocycles. The number of thiophene rings is 1. The molecule has 0 aliphatic rings. The number of nitrogens with two attached hydrogens (primary N) is 1. The van der Waals surface area contributed by atoms with Crippen LogP contribution in [-0.4, -0.2) is 13.4 Å². The minimum absolute atomic E-state index is 0.00578. The van der Waals surface area contributed by atoms with Crippen LogP contribution in [-0.2, 0) is 10.0 Å². The summed E-state index contributed by atoms with van der Waals surface area (Å²) < 4.78 is 27.4. The van der Waals surface area contributed by atoms with Gasteiger partial charge in [0, 0.05) is 11.6 Å². The van der Waals surface area contributed by atoms with Crippen LogP contribution in [0.15, 0.2) is 39.9 Å². The number of hydrogen-bond acceptors (Lipinski definition) is 4. The molecule has 0 aliphatic heterocycles. The Morgan fingerprint density at radius 1 is 1.43 bits per heavy atom. The molecule has 2 rings (SSSR count). The molecule has 0 fully saturated rings. The second kappa shape index (κ2) is 6.41. The van der Waals surface area contributed by atoms with Crippen LogP contribution >= 0.6 is 35.2 Å². The van der Waals surface area contributed by atoms with Crippen molar-refractivity contribution >= 4 is 50.2 Å². The van der Waals surface area contributed by atoms with Crippen LogP contribution in [0.1, 0.15) is 24.1 Å². The van der Waals surface area contributed by atoms with Gasteiger partial charge in [0.25, 0.3) is 0 Å². The second-order valence-electron chi connectivity index (χ2n) is 4.41. The van der Waals surface area contributed by atoms with Crippen LogP contribution in [0.2, 0.25) is 5.02 Å². The number of halogens is 1. The Morgan fingerprint density at radius 2 is 2.14 bits per heavy atom. The fourth-order valence-corrected chi connectivity index (χ4v) is 4.42. The van der Waals surface area contributed by atoms with Crippen molar-refractivity contribution in [3.63, 3.8) is 0 Å². The minimum atomic E-state index is -3.72. The summed E-state index contributed by atoms with van der Waals surface area (Å²) in [7, 11) is -3.72. The summed E-state index contributed by atoms with van der Waals surface area (Å²) in [6.07, 6.45) is 0. The lowest BCUT2D eigenvalue weighted by Crippen LogP contribution is -2.27. The van der Waals surface area contributed by atoms with E-state index < -0.39 is 10.0 Å². The van der Waals surface area contributed by atoms with Crippen molar-refractivity contribution in [2.75, 3.05) is 0 Å². The van der Waals surface area contributed by atoms with E-state index in [2.05, 4.69) is 4.72 Å². The normalized spacial score (nSPS) is 13.0. The van der Waals surface area contributed by atoms with Gasteiger partial charge in [0.1, 0.15) is 9.88 Å². The predicted octanol–water partition coefficient (Wildman–Crippen LogP) is 3.08. The molecule has 1 atom stereocenters. The van der Waals surface area contributed by atoms with Crippen molar-refractivity contribution in [2.45, 2.75) is 17.9 Å². The molecule has 21 heavy (non-hydrogen) atoms. The first-order chi connectivity index (χ1) is 9.81. The van der Waals surface area contributed by atoms with Crippen LogP contribution in [0, 0.1) is 0 Å². The molecule has 0 aliphatic carbocycles. The van der Waals surface area contributed by atoms with Gasteiger partial charge in [-0.1, -0.05) is 29.9 Å². The molecule has 0 radical (unpaired) electrons. The van der Waals surface area contributed by atoms with Gasteiger partial charge in [-0.25, -0.2) is 13.1 Å². The second-order valence-corrected chi connectivity index (χ2v) is 7.72. The highest BCUT2D eigenvalue weighted by Gasteiger charge is 2.21. The Labute approximate surface area is 138 Å². The van der Waals surface area contributed by atoms with E-state index in [0.717, 1.165) is 5.56 Å². The molecule has 0 spiro atoms. The number of rotatable bonds is 5. The van der Waals surface area contributed by atoms with Gasteiger partial charge in [-0.3, -0.25) is 0 Å². The first-order valence-corrected chi connectivity index (χ1v) is 9.16. The molecule has 0 saturated heterocycles. The lowest BCUT2D eigenvalue weighted by Gasteiger charge is -2.14. The topological polar surface area (TPSA) is 72.2 Å². The summed E-state index contributed by atoms with van der Waals surface area (Å²) in [4.78, 5) is 0.173. The van der Waals surface area contributed by atoms with Crippen molar-refractivity contribution in [1.29, 1.82) is 0 Å². The minimum Gasteiger partial charge on any atom is -0.389 e. The van der Waals surface area contributed by atoms with E-state index in [-0.39, 0.29) is 20.9 Å². The number of thiocarbonyl (C=S) groups is 1. The number of benzene rings is 1. The average Bonchev–Trinajstić information content (AvgIpc) is 2.91. The van der Waals surface area contributed by atoms with E-state index in [9.17, 15) is 8.42 Å². The number of hydrogen-bond donors (Lipinski definition) is 2. The molecular weight excluding hydrogens is 348 g/mol. The molecule has 8 heteroatoms. The first kappa shape index (κ1) is 16.4. The quantitative estimate of drug-likeness (QED) is 0.804. The maximum absolute atomic E-state index is 12.4. The third-order valence-electron chi connectivity index (χ3n) is 2.88. The molecule has 4 nitrogen and oxygen atoms in total. The highest BCUT2D eigenvalue weighted by atomic mass is 35.5. The Morgan fingerprint density at radius 3 is 2.67 bits per heavy atom. The van der Waals surface area contributed by atoms with Gasteiger partial charge < -0.3 is 5.73 Å². The SMILES string of the molecule is CC(NS(=O)(=O)c1ccc(C(N)=S)cc1Cl)c1ccsc1. The fraction of sp³-hybridized carbons (Fsp3) is 0.154. The summed E-state index contributed by atoms with van der Waals surface area (Å²) in [5, 5.41) is 3.87. The van der Waals surface area contributed by atoms with Gasteiger partial charge in [-0.05, 0) is 41.4 Å². The van der Waals surface area contributed by atoms with E-state index >= 15 is 0 Å². The van der Waals surface area contributed by atoms with Crippen LogP contribution in [0.5, 0.6) is 0 Å². The largest absolute Gasteiger partial charge is 0.389 e. The smallest absolute Gasteiger partial charge is 0.242 e. The molecule has 1 aromatic heterocycles. The molecule has 3 N–H and O–H groups in total. The summed E-state index contributed by atoms with van der Waals surface area (Å²) in [6.45, 7) is 1.77. The fourth-order valence-electron chi connectivity index (χ4n) is 1.76. The van der Waals surface area contributed by atoms with Crippen LogP contribution in [0.4, 0.5) is 0 Å². The molecule has 0 bridgehead atoms. The van der Waals surface area contributed by atoms with E-state index in [1.807, 2.05) is 16.8 Å². The molecule has 1 unspecified atom stereocenters. The highest BCUT2D eigenvalue weighted by molar-refractivity contribution is 7.89. The Balaban J connectivity index is 2.29. The zero-order valence-corrected chi connectivity index (χ0v) is 14.2. The predicted molar refractivity (Wildman–Crippen MR) is 90.4 cm³/mol. The third-order valence-corrected chi connectivity index (χ3v) is 5.84. The summed E-state index contributed by atoms with van der Waals surface area (Å²) in [5.41, 5.74) is 6.93. The molecule has 0 amide bonds. The van der Waals surface area contributed by atoms with Gasteiger partial charge in [-0.2, -0.15) is 11.3 Å². The lowest BCUT2D eigenvalue weighted by atomic mass is 10.2. The van der Waals surface area contributed by atoms with E-state index in [1.165, 1.54) is 29.5 Å². The van der Waals surface area contributed by atoms with Gasteiger partial charge in [0.15, 0.2) is 0 Å². The zero-order valence-electron chi connectivity index (χ0n) is 11.0. The maximum Gasteiger partial charge on any atom is 0.242 e. The molecular formula is C13H13ClN2O2S3. The van der Waals surface area contributed by atoms with Crippen LogP contribution in [0.3, 0.4) is 0 Å². The number of nitrogens with one attached hydrogen (secondary N) is 1. The number of sulfonamides is 1. The molecule has 0 saturated carbocycles. The van der Waals surface area contributed by atoms with Gasteiger partial charge in [-0.15, -0.1) is 0 Å². The summed E-state index contributed by atoms with van der Waals surface area (Å²) in [5.74, 6) is 0. The first-order valence-electron chi connectivity index (χ1n) is 5.95. The van der Waals surface area contributed by atoms with Crippen LogP contribution in [0.25, 0.3) is 0 Å². The van der Waals surface area contributed by atoms with Gasteiger partial charge in [0.05, 0.1) is 5.02 Å². The zero-order chi connectivity index (χ0) is 15.6. The van der Waals surface area contributed by atoms with Crippen molar-refractivity contribution in [3.8, 4) is 0 Å². The Kier molecular flexibility index (Phi) is 5.00. The summed E-state index contributed by atoms with van der Waals surface area (Å²) >= 11 is 12.4. The van der Waals surface area contributed by atoms with E-state index in [0.29, 0.717) is 5.56 Å². The average molecular weight is 361 g/mol.